The summed E-state index contributed by atoms with van der Waals surface area (Å²) in [5, 5.41) is 3.54. The molecular formula is C21H15F3N6Pt. The molecule has 0 radical (unpaired) electrons. The summed E-state index contributed by atoms with van der Waals surface area (Å²) >= 11 is 0. The van der Waals surface area contributed by atoms with Crippen LogP contribution in [0.5, 0.6) is 0 Å². The summed E-state index contributed by atoms with van der Waals surface area (Å²) in [7, 11) is 0. The van der Waals surface area contributed by atoms with Crippen molar-refractivity contribution < 1.29 is 34.2 Å². The maximum atomic E-state index is 12.8. The molecule has 0 amide bonds. The van der Waals surface area contributed by atoms with Gasteiger partial charge in [0.1, 0.15) is 0 Å². The van der Waals surface area contributed by atoms with Gasteiger partial charge in [0.15, 0.2) is 0 Å². The van der Waals surface area contributed by atoms with E-state index in [9.17, 15) is 13.2 Å². The molecule has 0 atom stereocenters. The Morgan fingerprint density at radius 1 is 0.903 bits per heavy atom. The molecule has 0 spiro atoms. The summed E-state index contributed by atoms with van der Waals surface area (Å²) < 4.78 is 39.5. The van der Waals surface area contributed by atoms with Gasteiger partial charge in [0.25, 0.3) is 0 Å². The zero-order chi connectivity index (χ0) is 21.4. The number of pyridine rings is 2. The van der Waals surface area contributed by atoms with Crippen LogP contribution in [0.1, 0.15) is 30.9 Å². The molecule has 0 fully saturated rings. The summed E-state index contributed by atoms with van der Waals surface area (Å²) in [6.07, 6.45) is 3.82. The van der Waals surface area contributed by atoms with Crippen molar-refractivity contribution >= 4 is 0 Å². The van der Waals surface area contributed by atoms with Crippen LogP contribution >= 0.6 is 0 Å². The number of halogens is 3. The first-order valence-electron chi connectivity index (χ1n) is 8.94. The van der Waals surface area contributed by atoms with E-state index >= 15 is 0 Å². The Morgan fingerprint density at radius 3 is 2.26 bits per heavy atom. The zero-order valence-electron chi connectivity index (χ0n) is 16.3. The van der Waals surface area contributed by atoms with Crippen molar-refractivity contribution in [3.8, 4) is 17.2 Å². The Bertz CT molecular complexity index is 1170. The van der Waals surface area contributed by atoms with Crippen molar-refractivity contribution in [2.24, 2.45) is 0 Å². The first-order chi connectivity index (χ1) is 14.2. The van der Waals surface area contributed by atoms with Gasteiger partial charge >= 0.3 is 27.2 Å². The smallest absolute Gasteiger partial charge is 0.389 e. The fourth-order valence-corrected chi connectivity index (χ4v) is 2.87. The molecule has 0 aromatic carbocycles. The van der Waals surface area contributed by atoms with Crippen LogP contribution in [-0.2, 0) is 32.7 Å². The number of alkyl halides is 3. The molecule has 0 aliphatic carbocycles. The maximum absolute atomic E-state index is 12.8. The summed E-state index contributed by atoms with van der Waals surface area (Å²) in [6.45, 7) is 3.86. The standard InChI is InChI=1S/C21H15F3N6.Pt/c1-20(2,16-6-3-5-14(27-16)15-13-25-10-11-26-15)17-7-4-8-19(28-17)30-12-9-18(29-30)21(22,23)24;/h3-11H,1-2H3;/q-2;+2. The molecule has 0 bridgehead atoms. The molecule has 0 saturated carbocycles. The molecule has 31 heavy (non-hydrogen) atoms. The third-order valence-corrected chi connectivity index (χ3v) is 4.56. The van der Waals surface area contributed by atoms with E-state index in [0.717, 1.165) is 10.7 Å². The van der Waals surface area contributed by atoms with Crippen LogP contribution in [0, 0.1) is 12.4 Å². The van der Waals surface area contributed by atoms with E-state index in [1.54, 1.807) is 30.5 Å². The SMILES string of the molecule is CC(C)(c1cccc(-c2[c-]nccn2)n1)c1cccc(-n2[c-]cc(C(F)(F)F)n2)n1.[Pt+2]. The second kappa shape index (κ2) is 8.67. The van der Waals surface area contributed by atoms with Crippen LogP contribution in [0.4, 0.5) is 13.2 Å². The molecule has 4 aromatic rings. The van der Waals surface area contributed by atoms with Crippen LogP contribution in [0.25, 0.3) is 17.2 Å². The van der Waals surface area contributed by atoms with Gasteiger partial charge in [-0.2, -0.15) is 13.2 Å². The van der Waals surface area contributed by atoms with E-state index < -0.39 is 17.3 Å². The van der Waals surface area contributed by atoms with Crippen LogP contribution < -0.4 is 0 Å². The number of hydrogen-bond donors (Lipinski definition) is 0. The molecule has 4 rings (SSSR count). The summed E-state index contributed by atoms with van der Waals surface area (Å²) in [4.78, 5) is 17.4. The van der Waals surface area contributed by atoms with E-state index in [2.05, 4.69) is 37.4 Å². The molecule has 4 aromatic heterocycles. The Morgan fingerprint density at radius 2 is 1.61 bits per heavy atom. The molecular weight excluding hydrogens is 588 g/mol. The quantitative estimate of drug-likeness (QED) is 0.330. The predicted molar refractivity (Wildman–Crippen MR) is 101 cm³/mol. The molecule has 4 heterocycles. The molecule has 0 saturated heterocycles. The monoisotopic (exact) mass is 603 g/mol. The molecule has 0 aliphatic heterocycles. The first kappa shape index (κ1) is 22.7. The van der Waals surface area contributed by atoms with E-state index in [-0.39, 0.29) is 26.9 Å². The summed E-state index contributed by atoms with van der Waals surface area (Å²) in [6, 6.07) is 11.4. The Labute approximate surface area is 190 Å². The average molecular weight is 603 g/mol. The largest absolute Gasteiger partial charge is 2.00 e. The Balaban J connectivity index is 0.00000272. The van der Waals surface area contributed by atoms with Crippen molar-refractivity contribution in [3.05, 3.63) is 84.3 Å². The summed E-state index contributed by atoms with van der Waals surface area (Å²) in [5.74, 6) is 0.231. The van der Waals surface area contributed by atoms with Gasteiger partial charge < -0.3 is 14.6 Å². The van der Waals surface area contributed by atoms with Crippen LogP contribution in [0.3, 0.4) is 0 Å². The fourth-order valence-electron chi connectivity index (χ4n) is 2.87. The van der Waals surface area contributed by atoms with E-state index in [1.165, 1.54) is 6.20 Å². The molecule has 0 unspecified atom stereocenters. The van der Waals surface area contributed by atoms with Gasteiger partial charge in [-0.05, 0) is 43.6 Å². The molecule has 0 aliphatic rings. The average Bonchev–Trinajstić information content (AvgIpc) is 3.26. The number of aromatic nitrogens is 6. The second-order valence-corrected chi connectivity index (χ2v) is 7.00. The van der Waals surface area contributed by atoms with Crippen molar-refractivity contribution in [1.82, 2.24) is 29.7 Å². The van der Waals surface area contributed by atoms with E-state index in [4.69, 9.17) is 0 Å². The topological polar surface area (TPSA) is 69.4 Å². The molecule has 160 valence electrons. The molecule has 0 N–H and O–H groups in total. The van der Waals surface area contributed by atoms with Crippen molar-refractivity contribution in [1.29, 1.82) is 0 Å². The Kier molecular flexibility index (Phi) is 6.36. The van der Waals surface area contributed by atoms with Crippen molar-refractivity contribution in [2.45, 2.75) is 25.4 Å². The van der Waals surface area contributed by atoms with Gasteiger partial charge in [0.2, 0.25) is 0 Å². The van der Waals surface area contributed by atoms with Crippen LogP contribution in [-0.4, -0.2) is 29.7 Å². The van der Waals surface area contributed by atoms with Gasteiger partial charge in [-0.3, -0.25) is 15.1 Å². The minimum Gasteiger partial charge on any atom is -0.389 e. The van der Waals surface area contributed by atoms with Crippen molar-refractivity contribution in [2.75, 3.05) is 0 Å². The van der Waals surface area contributed by atoms with Gasteiger partial charge in [0.05, 0.1) is 11.5 Å². The van der Waals surface area contributed by atoms with Gasteiger partial charge in [-0.15, -0.1) is 6.07 Å². The van der Waals surface area contributed by atoms with Gasteiger partial charge in [0, 0.05) is 16.8 Å². The van der Waals surface area contributed by atoms with E-state index in [1.807, 2.05) is 26.0 Å². The summed E-state index contributed by atoms with van der Waals surface area (Å²) in [5.41, 5.74) is 0.787. The number of hydrogen-bond acceptors (Lipinski definition) is 5. The normalized spacial score (nSPS) is 11.8. The molecule has 10 heteroatoms. The minimum absolute atomic E-state index is 0. The van der Waals surface area contributed by atoms with Gasteiger partial charge in [-0.25, -0.2) is 0 Å². The van der Waals surface area contributed by atoms with Gasteiger partial charge in [-0.1, -0.05) is 42.9 Å². The van der Waals surface area contributed by atoms with E-state index in [0.29, 0.717) is 22.8 Å². The van der Waals surface area contributed by atoms with Crippen LogP contribution in [0.2, 0.25) is 0 Å². The third kappa shape index (κ3) is 4.71. The zero-order valence-corrected chi connectivity index (χ0v) is 18.6. The predicted octanol–water partition coefficient (Wildman–Crippen LogP) is 4.06. The number of rotatable bonds is 4. The Hall–Kier alpha value is -2.93. The third-order valence-electron chi connectivity index (χ3n) is 4.56. The number of nitrogens with zero attached hydrogens (tertiary/aromatic N) is 6. The van der Waals surface area contributed by atoms with Crippen LogP contribution in [0.15, 0.2) is 54.9 Å². The maximum Gasteiger partial charge on any atom is 2.00 e. The fraction of sp³-hybridized carbons (Fsp3) is 0.190. The minimum atomic E-state index is -4.54. The van der Waals surface area contributed by atoms with Crippen molar-refractivity contribution in [3.63, 3.8) is 0 Å². The first-order valence-corrected chi connectivity index (χ1v) is 8.94. The molecule has 6 nitrogen and oxygen atoms in total. The second-order valence-electron chi connectivity index (χ2n) is 7.00.